The summed E-state index contributed by atoms with van der Waals surface area (Å²) in [5.74, 6) is -0.471. The molecule has 4 amide bonds. The van der Waals surface area contributed by atoms with E-state index in [4.69, 9.17) is 0 Å². The minimum Gasteiger partial charge on any atom is -0.340 e. The van der Waals surface area contributed by atoms with Crippen LogP contribution in [-0.4, -0.2) is 47.8 Å². The maximum Gasteiger partial charge on any atom is 0.324 e. The number of nitrogens with zero attached hydrogens (tertiary/aromatic N) is 2. The number of hydrogen-bond donors (Lipinski definition) is 1. The van der Waals surface area contributed by atoms with Crippen LogP contribution in [0.3, 0.4) is 0 Å². The molecule has 1 aliphatic rings. The molecule has 0 atom stereocenters. The van der Waals surface area contributed by atoms with Crippen molar-refractivity contribution in [2.24, 2.45) is 0 Å². The van der Waals surface area contributed by atoms with E-state index < -0.39 is 6.03 Å². The Morgan fingerprint density at radius 3 is 2.50 bits per heavy atom. The number of nitrogens with one attached hydrogen (secondary N) is 1. The van der Waals surface area contributed by atoms with Crippen molar-refractivity contribution in [1.82, 2.24) is 15.1 Å². The Hall–Kier alpha value is -3.15. The summed E-state index contributed by atoms with van der Waals surface area (Å²) in [6.07, 6.45) is 0.222. The predicted molar refractivity (Wildman–Crippen MR) is 98.1 cm³/mol. The Labute approximate surface area is 152 Å². The molecule has 6 nitrogen and oxygen atoms in total. The Morgan fingerprint density at radius 1 is 1.08 bits per heavy atom. The minimum atomic E-state index is -0.507. The van der Waals surface area contributed by atoms with Gasteiger partial charge in [-0.15, -0.1) is 0 Å². The Morgan fingerprint density at radius 2 is 1.77 bits per heavy atom. The molecule has 134 valence electrons. The molecule has 6 heteroatoms. The van der Waals surface area contributed by atoms with Crippen molar-refractivity contribution in [3.8, 4) is 11.1 Å². The zero-order valence-corrected chi connectivity index (χ0v) is 14.6. The van der Waals surface area contributed by atoms with E-state index in [2.05, 4.69) is 5.32 Å². The normalized spacial score (nSPS) is 14.1. The zero-order chi connectivity index (χ0) is 18.5. The number of rotatable bonds is 5. The molecule has 1 aliphatic heterocycles. The first-order chi connectivity index (χ1) is 12.5. The van der Waals surface area contributed by atoms with E-state index in [0.717, 1.165) is 16.7 Å². The standard InChI is InChI=1S/C20H21N3O3/c1-22(19(25)14-23-12-11-18(24)21-20(23)26)13-16-9-5-6-10-17(16)15-7-3-2-4-8-15/h2-10H,11-14H2,1H3,(H,21,24,26). The van der Waals surface area contributed by atoms with Crippen LogP contribution in [-0.2, 0) is 16.1 Å². The first-order valence-electron chi connectivity index (χ1n) is 8.50. The van der Waals surface area contributed by atoms with Gasteiger partial charge in [-0.3, -0.25) is 14.9 Å². The number of carbonyl (C=O) groups is 3. The number of imide groups is 1. The van der Waals surface area contributed by atoms with Crippen LogP contribution in [0.15, 0.2) is 54.6 Å². The fourth-order valence-electron chi connectivity index (χ4n) is 2.93. The third-order valence-corrected chi connectivity index (χ3v) is 4.40. The third-order valence-electron chi connectivity index (χ3n) is 4.40. The van der Waals surface area contributed by atoms with Crippen LogP contribution in [0.2, 0.25) is 0 Å². The van der Waals surface area contributed by atoms with Gasteiger partial charge in [0.05, 0.1) is 0 Å². The monoisotopic (exact) mass is 351 g/mol. The van der Waals surface area contributed by atoms with Crippen LogP contribution in [0.1, 0.15) is 12.0 Å². The first kappa shape index (κ1) is 17.7. The topological polar surface area (TPSA) is 69.7 Å². The van der Waals surface area contributed by atoms with Crippen molar-refractivity contribution in [2.45, 2.75) is 13.0 Å². The summed E-state index contributed by atoms with van der Waals surface area (Å²) >= 11 is 0. The van der Waals surface area contributed by atoms with E-state index in [1.165, 1.54) is 4.90 Å². The number of benzene rings is 2. The van der Waals surface area contributed by atoms with Gasteiger partial charge >= 0.3 is 6.03 Å². The van der Waals surface area contributed by atoms with Crippen molar-refractivity contribution in [3.05, 3.63) is 60.2 Å². The van der Waals surface area contributed by atoms with Gasteiger partial charge in [0.1, 0.15) is 6.54 Å². The van der Waals surface area contributed by atoms with Crippen molar-refractivity contribution >= 4 is 17.8 Å². The van der Waals surface area contributed by atoms with Gasteiger partial charge in [-0.05, 0) is 16.7 Å². The second kappa shape index (κ2) is 7.82. The summed E-state index contributed by atoms with van der Waals surface area (Å²) < 4.78 is 0. The van der Waals surface area contributed by atoms with E-state index in [0.29, 0.717) is 6.54 Å². The summed E-state index contributed by atoms with van der Waals surface area (Å²) in [7, 11) is 1.72. The van der Waals surface area contributed by atoms with E-state index in [1.807, 2.05) is 54.6 Å². The Kier molecular flexibility index (Phi) is 5.31. The summed E-state index contributed by atoms with van der Waals surface area (Å²) in [6.45, 7) is 0.673. The van der Waals surface area contributed by atoms with Crippen molar-refractivity contribution in [1.29, 1.82) is 0 Å². The molecule has 0 spiro atoms. The van der Waals surface area contributed by atoms with Gasteiger partial charge in [-0.1, -0.05) is 54.6 Å². The first-order valence-corrected chi connectivity index (χ1v) is 8.50. The molecular weight excluding hydrogens is 330 g/mol. The Bertz CT molecular complexity index is 820. The molecule has 0 bridgehead atoms. The predicted octanol–water partition coefficient (Wildman–Crippen LogP) is 2.25. The summed E-state index contributed by atoms with van der Waals surface area (Å²) in [5.41, 5.74) is 3.21. The number of hydrogen-bond acceptors (Lipinski definition) is 3. The molecule has 2 aromatic carbocycles. The van der Waals surface area contributed by atoms with Gasteiger partial charge in [-0.25, -0.2) is 4.79 Å². The third kappa shape index (κ3) is 4.08. The van der Waals surface area contributed by atoms with Gasteiger partial charge in [0.25, 0.3) is 0 Å². The fraction of sp³-hybridized carbons (Fsp3) is 0.250. The highest BCUT2D eigenvalue weighted by Crippen LogP contribution is 2.24. The van der Waals surface area contributed by atoms with Crippen molar-refractivity contribution in [2.75, 3.05) is 20.1 Å². The molecule has 1 heterocycles. The summed E-state index contributed by atoms with van der Waals surface area (Å²) in [4.78, 5) is 38.5. The smallest absolute Gasteiger partial charge is 0.324 e. The molecule has 1 N–H and O–H groups in total. The van der Waals surface area contributed by atoms with Gasteiger partial charge in [0.2, 0.25) is 11.8 Å². The maximum absolute atomic E-state index is 12.5. The molecule has 3 rings (SSSR count). The van der Waals surface area contributed by atoms with Crippen LogP contribution in [0.25, 0.3) is 11.1 Å². The average molecular weight is 351 g/mol. The van der Waals surface area contributed by atoms with Crippen LogP contribution in [0.4, 0.5) is 4.79 Å². The molecule has 0 radical (unpaired) electrons. The molecule has 0 aliphatic carbocycles. The van der Waals surface area contributed by atoms with Crippen molar-refractivity contribution in [3.63, 3.8) is 0 Å². The molecule has 0 saturated carbocycles. The fourth-order valence-corrected chi connectivity index (χ4v) is 2.93. The Balaban J connectivity index is 1.68. The lowest BCUT2D eigenvalue weighted by atomic mass is 9.99. The van der Waals surface area contributed by atoms with Gasteiger partial charge in [0, 0.05) is 26.6 Å². The highest BCUT2D eigenvalue weighted by Gasteiger charge is 2.25. The van der Waals surface area contributed by atoms with Gasteiger partial charge in [-0.2, -0.15) is 0 Å². The van der Waals surface area contributed by atoms with Gasteiger partial charge in [0.15, 0.2) is 0 Å². The van der Waals surface area contributed by atoms with E-state index >= 15 is 0 Å². The lowest BCUT2D eigenvalue weighted by Crippen LogP contribution is -2.52. The molecule has 1 fully saturated rings. The number of likely N-dealkylation sites (N-methyl/N-ethyl adjacent to an activating group) is 1. The highest BCUT2D eigenvalue weighted by molar-refractivity contribution is 5.98. The average Bonchev–Trinajstić information content (AvgIpc) is 2.65. The highest BCUT2D eigenvalue weighted by atomic mass is 16.2. The molecule has 2 aromatic rings. The van der Waals surface area contributed by atoms with Crippen LogP contribution in [0.5, 0.6) is 0 Å². The molecular formula is C20H21N3O3. The van der Waals surface area contributed by atoms with Gasteiger partial charge < -0.3 is 9.80 Å². The van der Waals surface area contributed by atoms with Crippen LogP contribution in [0, 0.1) is 0 Å². The number of carbonyl (C=O) groups excluding carboxylic acids is 3. The maximum atomic E-state index is 12.5. The van der Waals surface area contributed by atoms with E-state index in [1.54, 1.807) is 11.9 Å². The van der Waals surface area contributed by atoms with Crippen LogP contribution < -0.4 is 5.32 Å². The lowest BCUT2D eigenvalue weighted by molar-refractivity contribution is -0.132. The summed E-state index contributed by atoms with van der Waals surface area (Å²) in [6, 6.07) is 17.5. The number of urea groups is 1. The van der Waals surface area contributed by atoms with Crippen molar-refractivity contribution < 1.29 is 14.4 Å². The van der Waals surface area contributed by atoms with E-state index in [-0.39, 0.29) is 31.3 Å². The minimum absolute atomic E-state index is 0.0386. The lowest BCUT2D eigenvalue weighted by Gasteiger charge is -2.28. The largest absolute Gasteiger partial charge is 0.340 e. The quantitative estimate of drug-likeness (QED) is 0.898. The number of amides is 4. The molecule has 0 aromatic heterocycles. The second-order valence-corrected chi connectivity index (χ2v) is 6.30. The van der Waals surface area contributed by atoms with E-state index in [9.17, 15) is 14.4 Å². The molecule has 0 unspecified atom stereocenters. The summed E-state index contributed by atoms with van der Waals surface area (Å²) in [5, 5.41) is 2.23. The molecule has 1 saturated heterocycles. The zero-order valence-electron chi connectivity index (χ0n) is 14.6. The molecule has 26 heavy (non-hydrogen) atoms. The SMILES string of the molecule is CN(Cc1ccccc1-c1ccccc1)C(=O)CN1CCC(=O)NC1=O. The second-order valence-electron chi connectivity index (χ2n) is 6.30. The van der Waals surface area contributed by atoms with Crippen LogP contribution >= 0.6 is 0 Å².